The van der Waals surface area contributed by atoms with E-state index in [4.69, 9.17) is 14.0 Å². The number of hydrogen-bond acceptors (Lipinski definition) is 7. The van der Waals surface area contributed by atoms with Gasteiger partial charge in [-0.15, -0.1) is 0 Å². The lowest BCUT2D eigenvalue weighted by atomic mass is 10.2. The highest BCUT2D eigenvalue weighted by Gasteiger charge is 2.18. The molecule has 0 fully saturated rings. The van der Waals surface area contributed by atoms with Gasteiger partial charge in [0.2, 0.25) is 0 Å². The third-order valence-corrected chi connectivity index (χ3v) is 2.93. The number of benzene rings is 1. The maximum atomic E-state index is 11.0. The molecule has 0 bridgehead atoms. The van der Waals surface area contributed by atoms with Crippen LogP contribution < -0.4 is 4.74 Å². The minimum absolute atomic E-state index is 0.0459. The molecule has 8 heteroatoms. The minimum Gasteiger partial charge on any atom is -0.477 e. The van der Waals surface area contributed by atoms with E-state index in [-0.39, 0.29) is 30.0 Å². The van der Waals surface area contributed by atoms with Crippen LogP contribution in [0.5, 0.6) is 5.75 Å². The molecule has 0 saturated carbocycles. The zero-order chi connectivity index (χ0) is 16.1. The van der Waals surface area contributed by atoms with Crippen LogP contribution in [0, 0.1) is 17.0 Å². The molecule has 0 radical (unpaired) electrons. The van der Waals surface area contributed by atoms with Gasteiger partial charge < -0.3 is 14.0 Å². The van der Waals surface area contributed by atoms with Crippen molar-refractivity contribution in [1.82, 2.24) is 10.1 Å². The van der Waals surface area contributed by atoms with E-state index >= 15 is 0 Å². The average Bonchev–Trinajstić information content (AvgIpc) is 2.95. The summed E-state index contributed by atoms with van der Waals surface area (Å²) in [6.07, 6.45) is -0.281. The first-order chi connectivity index (χ1) is 10.5. The second-order valence-corrected chi connectivity index (χ2v) is 4.66. The van der Waals surface area contributed by atoms with Crippen molar-refractivity contribution in [3.05, 3.63) is 45.6 Å². The van der Waals surface area contributed by atoms with E-state index in [2.05, 4.69) is 10.1 Å². The van der Waals surface area contributed by atoms with Crippen LogP contribution in [-0.4, -0.2) is 21.7 Å². The first-order valence-corrected chi connectivity index (χ1v) is 6.83. The largest absolute Gasteiger partial charge is 0.477 e. The van der Waals surface area contributed by atoms with Gasteiger partial charge in [-0.05, 0) is 32.4 Å². The molecular formula is C14H17N3O5. The fourth-order valence-corrected chi connectivity index (χ4v) is 1.85. The fourth-order valence-electron chi connectivity index (χ4n) is 1.85. The molecule has 0 amide bonds. The molecular weight excluding hydrogens is 290 g/mol. The SMILES string of the molecule is CCO[C@H](C)c1noc(COc2ccc(C)cc2[N+](=O)[O-])n1. The monoisotopic (exact) mass is 307 g/mol. The van der Waals surface area contributed by atoms with Crippen molar-refractivity contribution < 1.29 is 18.9 Å². The van der Waals surface area contributed by atoms with Crippen LogP contribution >= 0.6 is 0 Å². The van der Waals surface area contributed by atoms with E-state index in [1.165, 1.54) is 6.07 Å². The summed E-state index contributed by atoms with van der Waals surface area (Å²) >= 11 is 0. The Bertz CT molecular complexity index is 656. The van der Waals surface area contributed by atoms with Gasteiger partial charge in [0, 0.05) is 12.7 Å². The Morgan fingerprint density at radius 3 is 2.91 bits per heavy atom. The molecule has 0 unspecified atom stereocenters. The molecule has 1 aromatic carbocycles. The molecule has 2 rings (SSSR count). The standard InChI is InChI=1S/C14H17N3O5/c1-4-20-10(3)14-15-13(22-16-14)8-21-12-6-5-9(2)7-11(12)17(18)19/h5-7,10H,4,8H2,1-3H3/t10-/m1/s1. The molecule has 8 nitrogen and oxygen atoms in total. The minimum atomic E-state index is -0.487. The van der Waals surface area contributed by atoms with Gasteiger partial charge in [-0.3, -0.25) is 10.1 Å². The highest BCUT2D eigenvalue weighted by atomic mass is 16.6. The molecule has 0 N–H and O–H groups in total. The summed E-state index contributed by atoms with van der Waals surface area (Å²) in [5.41, 5.74) is 0.687. The lowest BCUT2D eigenvalue weighted by Crippen LogP contribution is -2.03. The predicted octanol–water partition coefficient (Wildman–Crippen LogP) is 2.96. The van der Waals surface area contributed by atoms with Crippen LogP contribution in [0.4, 0.5) is 5.69 Å². The quantitative estimate of drug-likeness (QED) is 0.572. The van der Waals surface area contributed by atoms with E-state index < -0.39 is 4.92 Å². The fraction of sp³-hybridized carbons (Fsp3) is 0.429. The smallest absolute Gasteiger partial charge is 0.311 e. The molecule has 0 spiro atoms. The number of aryl methyl sites for hydroxylation is 1. The van der Waals surface area contributed by atoms with Crippen LogP contribution in [0.2, 0.25) is 0 Å². The number of aromatic nitrogens is 2. The molecule has 1 heterocycles. The number of nitro groups is 1. The van der Waals surface area contributed by atoms with Crippen LogP contribution in [-0.2, 0) is 11.3 Å². The van der Waals surface area contributed by atoms with Crippen molar-refractivity contribution in [3.8, 4) is 5.75 Å². The van der Waals surface area contributed by atoms with Gasteiger partial charge in [0.15, 0.2) is 18.2 Å². The van der Waals surface area contributed by atoms with Crippen LogP contribution in [0.1, 0.15) is 37.2 Å². The zero-order valence-electron chi connectivity index (χ0n) is 12.6. The lowest BCUT2D eigenvalue weighted by molar-refractivity contribution is -0.386. The number of hydrogen-bond donors (Lipinski definition) is 0. The summed E-state index contributed by atoms with van der Waals surface area (Å²) in [4.78, 5) is 14.7. The van der Waals surface area contributed by atoms with Crippen LogP contribution in [0.25, 0.3) is 0 Å². The highest BCUT2D eigenvalue weighted by Crippen LogP contribution is 2.28. The van der Waals surface area contributed by atoms with Gasteiger partial charge in [-0.1, -0.05) is 11.2 Å². The molecule has 0 aliphatic rings. The van der Waals surface area contributed by atoms with Crippen LogP contribution in [0.15, 0.2) is 22.7 Å². The molecule has 0 aliphatic heterocycles. The van der Waals surface area contributed by atoms with Crippen molar-refractivity contribution in [3.63, 3.8) is 0 Å². The molecule has 1 aromatic heterocycles. The second kappa shape index (κ2) is 6.99. The van der Waals surface area contributed by atoms with Gasteiger partial charge in [0.05, 0.1) is 4.92 Å². The number of nitrogens with zero attached hydrogens (tertiary/aromatic N) is 3. The third kappa shape index (κ3) is 3.79. The number of rotatable bonds is 7. The number of ether oxygens (including phenoxy) is 2. The predicted molar refractivity (Wildman–Crippen MR) is 76.5 cm³/mol. The van der Waals surface area contributed by atoms with Crippen molar-refractivity contribution in [2.45, 2.75) is 33.5 Å². The molecule has 22 heavy (non-hydrogen) atoms. The Labute approximate surface area is 127 Å². The van der Waals surface area contributed by atoms with Gasteiger partial charge in [0.25, 0.3) is 5.89 Å². The molecule has 0 aliphatic carbocycles. The Morgan fingerprint density at radius 1 is 1.45 bits per heavy atom. The summed E-state index contributed by atoms with van der Waals surface area (Å²) in [7, 11) is 0. The maximum Gasteiger partial charge on any atom is 0.311 e. The molecule has 1 atom stereocenters. The van der Waals surface area contributed by atoms with E-state index in [1.54, 1.807) is 19.1 Å². The summed E-state index contributed by atoms with van der Waals surface area (Å²) in [6, 6.07) is 4.73. The van der Waals surface area contributed by atoms with Gasteiger partial charge >= 0.3 is 5.69 Å². The summed E-state index contributed by atoms with van der Waals surface area (Å²) in [5.74, 6) is 0.809. The van der Waals surface area contributed by atoms with Gasteiger partial charge in [0.1, 0.15) is 6.10 Å². The van der Waals surface area contributed by atoms with Gasteiger partial charge in [-0.2, -0.15) is 4.98 Å². The van der Waals surface area contributed by atoms with Crippen molar-refractivity contribution in [2.75, 3.05) is 6.61 Å². The van der Waals surface area contributed by atoms with E-state index in [0.29, 0.717) is 12.4 Å². The topological polar surface area (TPSA) is 101 Å². The van der Waals surface area contributed by atoms with E-state index in [9.17, 15) is 10.1 Å². The first-order valence-electron chi connectivity index (χ1n) is 6.83. The highest BCUT2D eigenvalue weighted by molar-refractivity contribution is 5.48. The summed E-state index contributed by atoms with van der Waals surface area (Å²) in [5, 5.41) is 14.8. The second-order valence-electron chi connectivity index (χ2n) is 4.66. The summed E-state index contributed by atoms with van der Waals surface area (Å²) in [6.45, 7) is 5.95. The molecule has 0 saturated heterocycles. The Kier molecular flexibility index (Phi) is 5.05. The molecule has 2 aromatic rings. The van der Waals surface area contributed by atoms with E-state index in [0.717, 1.165) is 5.56 Å². The molecule has 118 valence electrons. The zero-order valence-corrected chi connectivity index (χ0v) is 12.6. The van der Waals surface area contributed by atoms with Crippen LogP contribution in [0.3, 0.4) is 0 Å². The Hall–Kier alpha value is -2.48. The van der Waals surface area contributed by atoms with Gasteiger partial charge in [-0.25, -0.2) is 0 Å². The average molecular weight is 307 g/mol. The van der Waals surface area contributed by atoms with Crippen molar-refractivity contribution >= 4 is 5.69 Å². The Morgan fingerprint density at radius 2 is 2.23 bits per heavy atom. The van der Waals surface area contributed by atoms with Crippen molar-refractivity contribution in [1.29, 1.82) is 0 Å². The lowest BCUT2D eigenvalue weighted by Gasteiger charge is -2.05. The normalized spacial score (nSPS) is 12.1. The first kappa shape index (κ1) is 15.9. The Balaban J connectivity index is 2.06. The summed E-state index contributed by atoms with van der Waals surface area (Å²) < 4.78 is 15.8. The van der Waals surface area contributed by atoms with E-state index in [1.807, 2.05) is 13.8 Å². The number of nitro benzene ring substituents is 1. The maximum absolute atomic E-state index is 11.0. The van der Waals surface area contributed by atoms with Crippen molar-refractivity contribution in [2.24, 2.45) is 0 Å². The third-order valence-electron chi connectivity index (χ3n) is 2.93.